The standard InChI is InChI=1S/C16H13Cl2N3O3S/c17-9-1-2-10(11(18)7-9)12-8-25-16(19-12)20-13(22)5-6-21-14(23)3-4-15(21)24/h1-2,7-8H,3-6H2,(H,19,20,22). The lowest BCUT2D eigenvalue weighted by atomic mass is 10.2. The summed E-state index contributed by atoms with van der Waals surface area (Å²) >= 11 is 13.3. The van der Waals surface area contributed by atoms with Crippen molar-refractivity contribution in [1.82, 2.24) is 9.88 Å². The molecule has 0 saturated carbocycles. The van der Waals surface area contributed by atoms with Crippen LogP contribution in [0.15, 0.2) is 23.6 Å². The van der Waals surface area contributed by atoms with Crippen molar-refractivity contribution in [3.05, 3.63) is 33.6 Å². The number of imide groups is 1. The van der Waals surface area contributed by atoms with Crippen LogP contribution >= 0.6 is 34.5 Å². The van der Waals surface area contributed by atoms with Crippen molar-refractivity contribution in [2.24, 2.45) is 0 Å². The molecule has 1 aliphatic heterocycles. The molecular weight excluding hydrogens is 385 g/mol. The van der Waals surface area contributed by atoms with Gasteiger partial charge in [-0.25, -0.2) is 4.98 Å². The molecule has 0 unspecified atom stereocenters. The molecule has 9 heteroatoms. The Morgan fingerprint density at radius 1 is 1.24 bits per heavy atom. The van der Waals surface area contributed by atoms with E-state index in [0.717, 1.165) is 10.5 Å². The number of rotatable bonds is 5. The first-order valence-electron chi connectivity index (χ1n) is 7.48. The van der Waals surface area contributed by atoms with Crippen LogP contribution < -0.4 is 5.32 Å². The Balaban J connectivity index is 1.60. The van der Waals surface area contributed by atoms with E-state index in [2.05, 4.69) is 10.3 Å². The minimum atomic E-state index is -0.310. The molecule has 3 amide bonds. The zero-order valence-corrected chi connectivity index (χ0v) is 15.2. The predicted molar refractivity (Wildman–Crippen MR) is 96.8 cm³/mol. The Morgan fingerprint density at radius 2 is 1.96 bits per heavy atom. The van der Waals surface area contributed by atoms with E-state index in [9.17, 15) is 14.4 Å². The lowest BCUT2D eigenvalue weighted by Gasteiger charge is -2.12. The predicted octanol–water partition coefficient (Wildman–Crippen LogP) is 3.59. The molecule has 1 aliphatic rings. The Labute approximate surface area is 157 Å². The first-order chi connectivity index (χ1) is 11.9. The molecule has 1 aromatic carbocycles. The molecule has 2 heterocycles. The number of hydrogen-bond donors (Lipinski definition) is 1. The molecular formula is C16H13Cl2N3O3S. The Bertz CT molecular complexity index is 837. The van der Waals surface area contributed by atoms with E-state index in [1.165, 1.54) is 11.3 Å². The fraction of sp³-hybridized carbons (Fsp3) is 0.250. The van der Waals surface area contributed by atoms with Gasteiger partial charge < -0.3 is 5.32 Å². The van der Waals surface area contributed by atoms with Gasteiger partial charge in [0.2, 0.25) is 17.7 Å². The molecule has 2 aromatic rings. The van der Waals surface area contributed by atoms with Crippen molar-refractivity contribution >= 4 is 57.4 Å². The summed E-state index contributed by atoms with van der Waals surface area (Å²) in [4.78, 5) is 40.5. The summed E-state index contributed by atoms with van der Waals surface area (Å²) in [5.41, 5.74) is 1.35. The van der Waals surface area contributed by atoms with Crippen molar-refractivity contribution in [3.8, 4) is 11.3 Å². The number of nitrogens with one attached hydrogen (secondary N) is 1. The van der Waals surface area contributed by atoms with Gasteiger partial charge in [0.15, 0.2) is 5.13 Å². The van der Waals surface area contributed by atoms with Gasteiger partial charge in [-0.1, -0.05) is 23.2 Å². The molecule has 1 saturated heterocycles. The van der Waals surface area contributed by atoms with E-state index in [-0.39, 0.29) is 43.5 Å². The van der Waals surface area contributed by atoms with Crippen LogP contribution in [0.2, 0.25) is 10.0 Å². The molecule has 25 heavy (non-hydrogen) atoms. The number of halogens is 2. The number of hydrogen-bond acceptors (Lipinski definition) is 5. The molecule has 0 spiro atoms. The van der Waals surface area contributed by atoms with Gasteiger partial charge in [0, 0.05) is 41.8 Å². The van der Waals surface area contributed by atoms with Crippen LogP contribution in [-0.4, -0.2) is 34.2 Å². The highest BCUT2D eigenvalue weighted by Crippen LogP contribution is 2.32. The number of benzene rings is 1. The number of carbonyl (C=O) groups is 3. The molecule has 130 valence electrons. The summed E-state index contributed by atoms with van der Waals surface area (Å²) in [5.74, 6) is -0.769. The summed E-state index contributed by atoms with van der Waals surface area (Å²) < 4.78 is 0. The Morgan fingerprint density at radius 3 is 2.64 bits per heavy atom. The van der Waals surface area contributed by atoms with Crippen molar-refractivity contribution < 1.29 is 14.4 Å². The van der Waals surface area contributed by atoms with Crippen LogP contribution in [0.3, 0.4) is 0 Å². The van der Waals surface area contributed by atoms with E-state index in [4.69, 9.17) is 23.2 Å². The van der Waals surface area contributed by atoms with Gasteiger partial charge in [0.05, 0.1) is 10.7 Å². The van der Waals surface area contributed by atoms with Crippen molar-refractivity contribution in [1.29, 1.82) is 0 Å². The SMILES string of the molecule is O=C(CCN1C(=O)CCC1=O)Nc1nc(-c2ccc(Cl)cc2Cl)cs1. The molecule has 1 N–H and O–H groups in total. The molecule has 0 atom stereocenters. The quantitative estimate of drug-likeness (QED) is 0.781. The van der Waals surface area contributed by atoms with Crippen LogP contribution in [0.4, 0.5) is 5.13 Å². The fourth-order valence-electron chi connectivity index (χ4n) is 2.42. The lowest BCUT2D eigenvalue weighted by Crippen LogP contribution is -2.32. The fourth-order valence-corrected chi connectivity index (χ4v) is 3.65. The zero-order valence-electron chi connectivity index (χ0n) is 12.9. The maximum Gasteiger partial charge on any atom is 0.229 e. The van der Waals surface area contributed by atoms with Gasteiger partial charge in [0.1, 0.15) is 0 Å². The average molecular weight is 398 g/mol. The highest BCUT2D eigenvalue weighted by molar-refractivity contribution is 7.14. The van der Waals surface area contributed by atoms with Gasteiger partial charge >= 0.3 is 0 Å². The summed E-state index contributed by atoms with van der Waals surface area (Å²) in [7, 11) is 0. The zero-order chi connectivity index (χ0) is 18.0. The van der Waals surface area contributed by atoms with Crippen LogP contribution in [-0.2, 0) is 14.4 Å². The second kappa shape index (κ2) is 7.51. The third-order valence-corrected chi connectivity index (χ3v) is 4.98. The van der Waals surface area contributed by atoms with Crippen molar-refractivity contribution in [2.45, 2.75) is 19.3 Å². The van der Waals surface area contributed by atoms with Gasteiger partial charge in [-0.2, -0.15) is 0 Å². The number of thiazole rings is 1. The van der Waals surface area contributed by atoms with Gasteiger partial charge in [0.25, 0.3) is 0 Å². The largest absolute Gasteiger partial charge is 0.302 e. The topological polar surface area (TPSA) is 79.4 Å². The first kappa shape index (κ1) is 17.8. The van der Waals surface area contributed by atoms with Gasteiger partial charge in [-0.3, -0.25) is 19.3 Å². The van der Waals surface area contributed by atoms with Crippen molar-refractivity contribution in [2.75, 3.05) is 11.9 Å². The maximum absolute atomic E-state index is 12.0. The molecule has 6 nitrogen and oxygen atoms in total. The number of nitrogens with zero attached hydrogens (tertiary/aromatic N) is 2. The number of aromatic nitrogens is 1. The summed E-state index contributed by atoms with van der Waals surface area (Å²) in [6.45, 7) is 0.0880. The smallest absolute Gasteiger partial charge is 0.229 e. The second-order valence-corrected chi connectivity index (χ2v) is 7.10. The summed E-state index contributed by atoms with van der Waals surface area (Å²) in [6.07, 6.45) is 0.477. The molecule has 1 fully saturated rings. The number of amides is 3. The highest BCUT2D eigenvalue weighted by Gasteiger charge is 2.28. The van der Waals surface area contributed by atoms with E-state index < -0.39 is 0 Å². The Hall–Kier alpha value is -1.96. The Kier molecular flexibility index (Phi) is 5.36. The van der Waals surface area contributed by atoms with Gasteiger partial charge in [-0.15, -0.1) is 11.3 Å². The normalized spacial score (nSPS) is 14.2. The lowest BCUT2D eigenvalue weighted by molar-refractivity contribution is -0.138. The van der Waals surface area contributed by atoms with E-state index >= 15 is 0 Å². The third-order valence-electron chi connectivity index (χ3n) is 3.67. The number of carbonyl (C=O) groups excluding carboxylic acids is 3. The molecule has 0 bridgehead atoms. The monoisotopic (exact) mass is 397 g/mol. The van der Waals surface area contributed by atoms with E-state index in [1.54, 1.807) is 23.6 Å². The first-order valence-corrected chi connectivity index (χ1v) is 9.11. The summed E-state index contributed by atoms with van der Waals surface area (Å²) in [5, 5.41) is 5.87. The minimum absolute atomic E-state index is 0.0358. The number of likely N-dealkylation sites (tertiary alicyclic amines) is 1. The van der Waals surface area contributed by atoms with Crippen molar-refractivity contribution in [3.63, 3.8) is 0 Å². The number of anilines is 1. The maximum atomic E-state index is 12.0. The van der Waals surface area contributed by atoms with E-state index in [0.29, 0.717) is 20.9 Å². The summed E-state index contributed by atoms with van der Waals surface area (Å²) in [6, 6.07) is 5.10. The van der Waals surface area contributed by atoms with Gasteiger partial charge in [-0.05, 0) is 18.2 Å². The second-order valence-electron chi connectivity index (χ2n) is 5.40. The van der Waals surface area contributed by atoms with Crippen LogP contribution in [0.25, 0.3) is 11.3 Å². The third kappa shape index (κ3) is 4.18. The van der Waals surface area contributed by atoms with Crippen LogP contribution in [0.5, 0.6) is 0 Å². The highest BCUT2D eigenvalue weighted by atomic mass is 35.5. The molecule has 3 rings (SSSR count). The van der Waals surface area contributed by atoms with Crippen LogP contribution in [0, 0.1) is 0 Å². The molecule has 0 aliphatic carbocycles. The molecule has 0 radical (unpaired) electrons. The molecule has 1 aromatic heterocycles. The van der Waals surface area contributed by atoms with Crippen LogP contribution in [0.1, 0.15) is 19.3 Å². The average Bonchev–Trinajstić information content (AvgIpc) is 3.13. The van der Waals surface area contributed by atoms with E-state index in [1.807, 2.05) is 0 Å². The minimum Gasteiger partial charge on any atom is -0.302 e.